The summed E-state index contributed by atoms with van der Waals surface area (Å²) in [5.74, 6) is 0.744. The molecule has 0 aromatic carbocycles. The van der Waals surface area contributed by atoms with Crippen LogP contribution < -0.4 is 0 Å². The van der Waals surface area contributed by atoms with E-state index in [1.165, 1.54) is 0 Å². The lowest BCUT2D eigenvalue weighted by Gasteiger charge is -2.32. The van der Waals surface area contributed by atoms with E-state index in [0.717, 1.165) is 24.8 Å². The molecule has 0 bridgehead atoms. The van der Waals surface area contributed by atoms with Crippen molar-refractivity contribution in [2.24, 2.45) is 11.8 Å². The minimum absolute atomic E-state index is 0.0100. The van der Waals surface area contributed by atoms with Gasteiger partial charge in [-0.05, 0) is 30.8 Å². The third kappa shape index (κ3) is 2.08. The van der Waals surface area contributed by atoms with Crippen LogP contribution in [0.2, 0.25) is 0 Å². The smallest absolute Gasteiger partial charge is 0.0642 e. The summed E-state index contributed by atoms with van der Waals surface area (Å²) in [6, 6.07) is 0. The Labute approximate surface area is 73.9 Å². The normalized spacial score (nSPS) is 36.4. The van der Waals surface area contributed by atoms with Crippen molar-refractivity contribution >= 4 is 0 Å². The summed E-state index contributed by atoms with van der Waals surface area (Å²) in [5.41, 5.74) is 0.786. The van der Waals surface area contributed by atoms with Crippen molar-refractivity contribution in [2.75, 3.05) is 6.61 Å². The van der Waals surface area contributed by atoms with Gasteiger partial charge in [0.15, 0.2) is 0 Å². The van der Waals surface area contributed by atoms with E-state index < -0.39 is 0 Å². The zero-order valence-electron chi connectivity index (χ0n) is 7.66. The number of aliphatic hydroxyl groups excluding tert-OH is 2. The summed E-state index contributed by atoms with van der Waals surface area (Å²) in [4.78, 5) is 0. The van der Waals surface area contributed by atoms with E-state index in [0.29, 0.717) is 5.92 Å². The Bertz CT molecular complexity index is 165. The quantitative estimate of drug-likeness (QED) is 0.614. The van der Waals surface area contributed by atoms with Gasteiger partial charge in [0.1, 0.15) is 0 Å². The number of hydrogen-bond acceptors (Lipinski definition) is 2. The van der Waals surface area contributed by atoms with Gasteiger partial charge in [-0.3, -0.25) is 0 Å². The largest absolute Gasteiger partial charge is 0.392 e. The van der Waals surface area contributed by atoms with Crippen LogP contribution >= 0.6 is 0 Å². The molecule has 0 aromatic rings. The average molecular weight is 170 g/mol. The number of hydrogen-bond donors (Lipinski definition) is 2. The maximum atomic E-state index is 9.67. The third-order valence-electron chi connectivity index (χ3n) is 2.81. The Morgan fingerprint density at radius 1 is 1.50 bits per heavy atom. The van der Waals surface area contributed by atoms with Gasteiger partial charge < -0.3 is 10.2 Å². The van der Waals surface area contributed by atoms with Gasteiger partial charge in [-0.2, -0.15) is 0 Å². The molecular formula is C10H18O2. The van der Waals surface area contributed by atoms with Crippen molar-refractivity contribution in [3.05, 3.63) is 12.2 Å². The van der Waals surface area contributed by atoms with Crippen LogP contribution in [0.5, 0.6) is 0 Å². The standard InChI is InChI=1S/C10H18O2/c1-7-3-4-9(8(2)6-11)10(12)5-7/h7,9-12H,2-6H2,1H3/t7-,9+,10-/m1/s1. The molecule has 2 nitrogen and oxygen atoms in total. The van der Waals surface area contributed by atoms with Crippen molar-refractivity contribution < 1.29 is 10.2 Å². The molecular weight excluding hydrogens is 152 g/mol. The molecule has 1 rings (SSSR count). The highest BCUT2D eigenvalue weighted by Crippen LogP contribution is 2.32. The highest BCUT2D eigenvalue weighted by atomic mass is 16.3. The minimum Gasteiger partial charge on any atom is -0.392 e. The molecule has 0 aliphatic heterocycles. The van der Waals surface area contributed by atoms with Crippen molar-refractivity contribution in [3.8, 4) is 0 Å². The first-order chi connectivity index (χ1) is 5.65. The highest BCUT2D eigenvalue weighted by Gasteiger charge is 2.28. The molecule has 0 heterocycles. The predicted octanol–water partition coefficient (Wildman–Crippen LogP) is 1.33. The SMILES string of the molecule is C=C(CO)[C@@H]1CC[C@@H](C)C[C@H]1O. The van der Waals surface area contributed by atoms with Crippen LogP contribution in [-0.4, -0.2) is 22.9 Å². The molecule has 0 aromatic heterocycles. The van der Waals surface area contributed by atoms with Crippen molar-refractivity contribution in [2.45, 2.75) is 32.3 Å². The molecule has 0 unspecified atom stereocenters. The van der Waals surface area contributed by atoms with Gasteiger partial charge in [0.2, 0.25) is 0 Å². The molecule has 70 valence electrons. The van der Waals surface area contributed by atoms with Crippen LogP contribution in [0.1, 0.15) is 26.2 Å². The molecule has 0 saturated heterocycles. The predicted molar refractivity (Wildman–Crippen MR) is 48.7 cm³/mol. The Hall–Kier alpha value is -0.340. The van der Waals surface area contributed by atoms with E-state index in [9.17, 15) is 5.11 Å². The molecule has 1 aliphatic rings. The lowest BCUT2D eigenvalue weighted by atomic mass is 9.77. The van der Waals surface area contributed by atoms with Gasteiger partial charge in [-0.1, -0.05) is 13.5 Å². The van der Waals surface area contributed by atoms with E-state index in [1.54, 1.807) is 0 Å². The minimum atomic E-state index is -0.284. The van der Waals surface area contributed by atoms with Crippen LogP contribution in [0.4, 0.5) is 0 Å². The zero-order chi connectivity index (χ0) is 9.14. The molecule has 3 atom stereocenters. The van der Waals surface area contributed by atoms with Gasteiger partial charge >= 0.3 is 0 Å². The Kier molecular flexibility index (Phi) is 3.29. The third-order valence-corrected chi connectivity index (χ3v) is 2.81. The summed E-state index contributed by atoms with van der Waals surface area (Å²) >= 11 is 0. The Balaban J connectivity index is 2.50. The molecule has 1 saturated carbocycles. The van der Waals surface area contributed by atoms with Gasteiger partial charge in [0, 0.05) is 5.92 Å². The fourth-order valence-corrected chi connectivity index (χ4v) is 1.94. The molecule has 0 radical (unpaired) electrons. The second-order valence-electron chi connectivity index (χ2n) is 3.91. The topological polar surface area (TPSA) is 40.5 Å². The summed E-state index contributed by atoms with van der Waals surface area (Å²) < 4.78 is 0. The zero-order valence-corrected chi connectivity index (χ0v) is 7.66. The number of aliphatic hydroxyl groups is 2. The molecule has 12 heavy (non-hydrogen) atoms. The van der Waals surface area contributed by atoms with Gasteiger partial charge in [-0.15, -0.1) is 0 Å². The Morgan fingerprint density at radius 2 is 2.17 bits per heavy atom. The first-order valence-electron chi connectivity index (χ1n) is 4.61. The second kappa shape index (κ2) is 4.06. The fourth-order valence-electron chi connectivity index (χ4n) is 1.94. The van der Waals surface area contributed by atoms with Crippen LogP contribution in [0.15, 0.2) is 12.2 Å². The highest BCUT2D eigenvalue weighted by molar-refractivity contribution is 5.05. The second-order valence-corrected chi connectivity index (χ2v) is 3.91. The van der Waals surface area contributed by atoms with Crippen LogP contribution in [-0.2, 0) is 0 Å². The number of rotatable bonds is 2. The summed E-state index contributed by atoms with van der Waals surface area (Å²) in [6.45, 7) is 5.93. The van der Waals surface area contributed by atoms with E-state index in [1.807, 2.05) is 0 Å². The molecule has 1 fully saturated rings. The molecule has 2 heteroatoms. The summed E-state index contributed by atoms with van der Waals surface area (Å²) in [6.07, 6.45) is 2.68. The van der Waals surface area contributed by atoms with Crippen molar-refractivity contribution in [1.29, 1.82) is 0 Å². The maximum absolute atomic E-state index is 9.67. The van der Waals surface area contributed by atoms with Gasteiger partial charge in [0.25, 0.3) is 0 Å². The average Bonchev–Trinajstić information content (AvgIpc) is 2.03. The first kappa shape index (κ1) is 9.75. The monoisotopic (exact) mass is 170 g/mol. The fraction of sp³-hybridized carbons (Fsp3) is 0.800. The van der Waals surface area contributed by atoms with Gasteiger partial charge in [-0.25, -0.2) is 0 Å². The lowest BCUT2D eigenvalue weighted by Crippen LogP contribution is -2.30. The van der Waals surface area contributed by atoms with Crippen LogP contribution in [0.25, 0.3) is 0 Å². The molecule has 0 spiro atoms. The van der Waals surface area contributed by atoms with Crippen molar-refractivity contribution in [1.82, 2.24) is 0 Å². The lowest BCUT2D eigenvalue weighted by molar-refractivity contribution is 0.0605. The molecule has 0 amide bonds. The maximum Gasteiger partial charge on any atom is 0.0642 e. The molecule has 1 aliphatic carbocycles. The van der Waals surface area contributed by atoms with Crippen molar-refractivity contribution in [3.63, 3.8) is 0 Å². The van der Waals surface area contributed by atoms with E-state index in [4.69, 9.17) is 5.11 Å². The van der Waals surface area contributed by atoms with Crippen LogP contribution in [0, 0.1) is 11.8 Å². The first-order valence-corrected chi connectivity index (χ1v) is 4.61. The Morgan fingerprint density at radius 3 is 2.67 bits per heavy atom. The van der Waals surface area contributed by atoms with E-state index >= 15 is 0 Å². The summed E-state index contributed by atoms with van der Waals surface area (Å²) in [5, 5.41) is 18.5. The van der Waals surface area contributed by atoms with E-state index in [2.05, 4.69) is 13.5 Å². The molecule has 2 N–H and O–H groups in total. The van der Waals surface area contributed by atoms with E-state index in [-0.39, 0.29) is 18.6 Å². The van der Waals surface area contributed by atoms with Gasteiger partial charge in [0.05, 0.1) is 12.7 Å². The van der Waals surface area contributed by atoms with Crippen LogP contribution in [0.3, 0.4) is 0 Å². The summed E-state index contributed by atoms with van der Waals surface area (Å²) in [7, 11) is 0.